The first-order valence-corrected chi connectivity index (χ1v) is 11.3. The monoisotopic (exact) mass is 427 g/mol. The molecule has 164 valence electrons. The van der Waals surface area contributed by atoms with Gasteiger partial charge in [0.1, 0.15) is 0 Å². The molecule has 3 aromatic carbocycles. The molecule has 0 bridgehead atoms. The number of carbonyl (C=O) groups excluding carboxylic acids is 1. The van der Waals surface area contributed by atoms with Gasteiger partial charge in [-0.15, -0.1) is 0 Å². The van der Waals surface area contributed by atoms with Crippen LogP contribution in [0.5, 0.6) is 0 Å². The average molecular weight is 428 g/mol. The molecule has 1 spiro atoms. The molecule has 1 amide bonds. The summed E-state index contributed by atoms with van der Waals surface area (Å²) < 4.78 is 0. The SMILES string of the molecule is CN1CCC2(CC1)c1ccccc1N(Cc1ccc(C(=O)NO)cc1)C2c1ccccc1. The van der Waals surface area contributed by atoms with E-state index in [1.807, 2.05) is 12.1 Å². The van der Waals surface area contributed by atoms with Crippen molar-refractivity contribution in [2.45, 2.75) is 30.8 Å². The van der Waals surface area contributed by atoms with Crippen molar-refractivity contribution < 1.29 is 10.0 Å². The fraction of sp³-hybridized carbons (Fsp3) is 0.296. The summed E-state index contributed by atoms with van der Waals surface area (Å²) >= 11 is 0. The molecule has 2 aliphatic heterocycles. The molecule has 0 aliphatic carbocycles. The normalized spacial score (nSPS) is 19.7. The fourth-order valence-electron chi connectivity index (χ4n) is 5.62. The van der Waals surface area contributed by atoms with Gasteiger partial charge in [0.15, 0.2) is 0 Å². The first-order chi connectivity index (χ1) is 15.6. The summed E-state index contributed by atoms with van der Waals surface area (Å²) in [6.45, 7) is 2.95. The Morgan fingerprint density at radius 3 is 2.31 bits per heavy atom. The highest BCUT2D eigenvalue weighted by Crippen LogP contribution is 2.57. The quantitative estimate of drug-likeness (QED) is 0.474. The molecule has 3 aromatic rings. The van der Waals surface area contributed by atoms with E-state index in [2.05, 4.69) is 71.4 Å². The molecule has 0 aromatic heterocycles. The van der Waals surface area contributed by atoms with Gasteiger partial charge in [0.25, 0.3) is 5.91 Å². The van der Waals surface area contributed by atoms with Crippen molar-refractivity contribution in [2.24, 2.45) is 0 Å². The third kappa shape index (κ3) is 3.48. The lowest BCUT2D eigenvalue weighted by molar-refractivity contribution is 0.0706. The molecule has 1 unspecified atom stereocenters. The summed E-state index contributed by atoms with van der Waals surface area (Å²) in [7, 11) is 2.22. The molecule has 0 saturated carbocycles. The summed E-state index contributed by atoms with van der Waals surface area (Å²) in [5, 5.41) is 8.91. The van der Waals surface area contributed by atoms with E-state index in [1.54, 1.807) is 17.6 Å². The van der Waals surface area contributed by atoms with Crippen molar-refractivity contribution in [2.75, 3.05) is 25.0 Å². The molecule has 32 heavy (non-hydrogen) atoms. The molecule has 5 rings (SSSR count). The average Bonchev–Trinajstić information content (AvgIpc) is 3.11. The number of hydrogen-bond donors (Lipinski definition) is 2. The zero-order valence-corrected chi connectivity index (χ0v) is 18.4. The van der Waals surface area contributed by atoms with Gasteiger partial charge in [0.05, 0.1) is 6.04 Å². The number of hydroxylamine groups is 1. The van der Waals surface area contributed by atoms with Gasteiger partial charge in [-0.1, -0.05) is 60.7 Å². The maximum atomic E-state index is 11.7. The number of nitrogens with one attached hydrogen (secondary N) is 1. The Bertz CT molecular complexity index is 1090. The van der Waals surface area contributed by atoms with E-state index in [1.165, 1.54) is 16.8 Å². The highest BCUT2D eigenvalue weighted by atomic mass is 16.5. The minimum absolute atomic E-state index is 0.0845. The minimum atomic E-state index is -0.490. The van der Waals surface area contributed by atoms with Gasteiger partial charge in [0.2, 0.25) is 0 Å². The van der Waals surface area contributed by atoms with Gasteiger partial charge in [-0.05, 0) is 67.9 Å². The Hall–Kier alpha value is -3.15. The first kappa shape index (κ1) is 20.7. The summed E-state index contributed by atoms with van der Waals surface area (Å²) in [5.41, 5.74) is 7.49. The molecule has 1 fully saturated rings. The van der Waals surface area contributed by atoms with Crippen LogP contribution in [0, 0.1) is 0 Å². The molecule has 0 radical (unpaired) electrons. The zero-order chi connectivity index (χ0) is 22.1. The number of amides is 1. The van der Waals surface area contributed by atoms with Crippen LogP contribution in [0.4, 0.5) is 5.69 Å². The van der Waals surface area contributed by atoms with E-state index in [0.29, 0.717) is 5.56 Å². The van der Waals surface area contributed by atoms with Gasteiger partial charge < -0.3 is 9.80 Å². The molecular formula is C27H29N3O2. The van der Waals surface area contributed by atoms with Gasteiger partial charge in [-0.25, -0.2) is 5.48 Å². The fourth-order valence-corrected chi connectivity index (χ4v) is 5.62. The Labute approximate surface area is 189 Å². The molecule has 5 heteroatoms. The van der Waals surface area contributed by atoms with Gasteiger partial charge >= 0.3 is 0 Å². The van der Waals surface area contributed by atoms with Crippen LogP contribution in [-0.4, -0.2) is 36.2 Å². The number of nitrogens with zero attached hydrogens (tertiary/aromatic N) is 2. The zero-order valence-electron chi connectivity index (χ0n) is 18.4. The number of fused-ring (bicyclic) bond motifs is 2. The first-order valence-electron chi connectivity index (χ1n) is 11.3. The summed E-state index contributed by atoms with van der Waals surface area (Å²) in [6.07, 6.45) is 2.26. The number of rotatable bonds is 4. The molecule has 2 heterocycles. The Morgan fingerprint density at radius 1 is 0.969 bits per heavy atom. The van der Waals surface area contributed by atoms with Gasteiger partial charge in [-0.3, -0.25) is 10.0 Å². The number of hydrogen-bond acceptors (Lipinski definition) is 4. The van der Waals surface area contributed by atoms with Gasteiger partial charge in [-0.2, -0.15) is 0 Å². The number of para-hydroxylation sites is 1. The van der Waals surface area contributed by atoms with E-state index >= 15 is 0 Å². The maximum Gasteiger partial charge on any atom is 0.274 e. The lowest BCUT2D eigenvalue weighted by Crippen LogP contribution is -2.45. The van der Waals surface area contributed by atoms with Crippen LogP contribution < -0.4 is 10.4 Å². The van der Waals surface area contributed by atoms with E-state index in [4.69, 9.17) is 5.21 Å². The van der Waals surface area contributed by atoms with Crippen molar-refractivity contribution in [3.8, 4) is 0 Å². The summed E-state index contributed by atoms with van der Waals surface area (Å²) in [6, 6.07) is 27.5. The Morgan fingerprint density at radius 2 is 1.62 bits per heavy atom. The van der Waals surface area contributed by atoms with Crippen LogP contribution in [0.25, 0.3) is 0 Å². The molecular weight excluding hydrogens is 398 g/mol. The number of anilines is 1. The number of likely N-dealkylation sites (tertiary alicyclic amines) is 1. The highest BCUT2D eigenvalue weighted by Gasteiger charge is 2.52. The Kier molecular flexibility index (Phi) is 5.45. The van der Waals surface area contributed by atoms with Crippen LogP contribution in [0.1, 0.15) is 45.9 Å². The standard InChI is InChI=1S/C27H29N3O2/c1-29-17-15-27(16-18-29)23-9-5-6-10-24(23)30(25(27)21-7-3-2-4-8-21)19-20-11-13-22(14-12-20)26(31)28-32/h2-14,25,32H,15-19H2,1H3,(H,28,31). The van der Waals surface area contributed by atoms with E-state index in [0.717, 1.165) is 38.0 Å². The van der Waals surface area contributed by atoms with Crippen LogP contribution in [0.15, 0.2) is 78.9 Å². The third-order valence-corrected chi connectivity index (χ3v) is 7.25. The predicted octanol–water partition coefficient (Wildman–Crippen LogP) is 4.53. The summed E-state index contributed by atoms with van der Waals surface area (Å²) in [5.74, 6) is -0.490. The number of piperidine rings is 1. The molecule has 5 nitrogen and oxygen atoms in total. The number of benzene rings is 3. The second kappa shape index (κ2) is 8.41. The van der Waals surface area contributed by atoms with Crippen molar-refractivity contribution >= 4 is 11.6 Å². The van der Waals surface area contributed by atoms with Gasteiger partial charge in [0, 0.05) is 23.2 Å². The minimum Gasteiger partial charge on any atom is -0.359 e. The van der Waals surface area contributed by atoms with Crippen LogP contribution in [-0.2, 0) is 12.0 Å². The Balaban J connectivity index is 1.58. The molecule has 2 aliphatic rings. The van der Waals surface area contributed by atoms with E-state index in [9.17, 15) is 4.79 Å². The van der Waals surface area contributed by atoms with Crippen LogP contribution >= 0.6 is 0 Å². The number of carbonyl (C=O) groups is 1. The highest BCUT2D eigenvalue weighted by molar-refractivity contribution is 5.93. The van der Waals surface area contributed by atoms with E-state index < -0.39 is 5.91 Å². The van der Waals surface area contributed by atoms with Crippen molar-refractivity contribution in [3.63, 3.8) is 0 Å². The van der Waals surface area contributed by atoms with Crippen molar-refractivity contribution in [1.29, 1.82) is 0 Å². The molecule has 2 N–H and O–H groups in total. The second-order valence-electron chi connectivity index (χ2n) is 9.06. The van der Waals surface area contributed by atoms with Crippen molar-refractivity contribution in [1.82, 2.24) is 10.4 Å². The third-order valence-electron chi connectivity index (χ3n) is 7.25. The maximum absolute atomic E-state index is 11.7. The predicted molar refractivity (Wildman–Crippen MR) is 126 cm³/mol. The van der Waals surface area contributed by atoms with E-state index in [-0.39, 0.29) is 11.5 Å². The van der Waals surface area contributed by atoms with Crippen LogP contribution in [0.2, 0.25) is 0 Å². The summed E-state index contributed by atoms with van der Waals surface area (Å²) in [4.78, 5) is 16.7. The van der Waals surface area contributed by atoms with Crippen molar-refractivity contribution in [3.05, 3.63) is 101 Å². The lowest BCUT2D eigenvalue weighted by Gasteiger charge is -2.44. The smallest absolute Gasteiger partial charge is 0.274 e. The molecule has 1 saturated heterocycles. The van der Waals surface area contributed by atoms with Crippen LogP contribution in [0.3, 0.4) is 0 Å². The lowest BCUT2D eigenvalue weighted by atomic mass is 9.67. The molecule has 1 atom stereocenters. The largest absolute Gasteiger partial charge is 0.359 e. The topological polar surface area (TPSA) is 55.8 Å². The second-order valence-corrected chi connectivity index (χ2v) is 9.06.